The number of allylic oxidation sites excluding steroid dienone is 2. The fraction of sp³-hybridized carbons (Fsp3) is 0.389. The van der Waals surface area contributed by atoms with E-state index in [1.54, 1.807) is 4.90 Å². The van der Waals surface area contributed by atoms with Gasteiger partial charge in [-0.1, -0.05) is 42.5 Å². The molecule has 1 aromatic carbocycles. The number of rotatable bonds is 0. The van der Waals surface area contributed by atoms with Gasteiger partial charge in [0, 0.05) is 24.6 Å². The Bertz CT molecular complexity index is 722. The van der Waals surface area contributed by atoms with Crippen molar-refractivity contribution >= 4 is 12.0 Å². The predicted octanol–water partition coefficient (Wildman–Crippen LogP) is 2.20. The van der Waals surface area contributed by atoms with Crippen molar-refractivity contribution in [1.29, 1.82) is 0 Å². The number of benzene rings is 1. The first-order chi connectivity index (χ1) is 10.2. The van der Waals surface area contributed by atoms with E-state index >= 15 is 0 Å². The molecule has 2 aliphatic heterocycles. The maximum Gasteiger partial charge on any atom is 0.236 e. The Balaban J connectivity index is 1.81. The number of ether oxygens (including phenoxy) is 1. The smallest absolute Gasteiger partial charge is 0.236 e. The molecule has 2 aliphatic carbocycles. The van der Waals surface area contributed by atoms with Crippen LogP contribution in [0.2, 0.25) is 0 Å². The van der Waals surface area contributed by atoms with Gasteiger partial charge in [-0.05, 0) is 17.0 Å². The average Bonchev–Trinajstić information content (AvgIpc) is 2.80. The molecule has 0 aromatic heterocycles. The SMILES string of the molecule is CN1C=C[C@@H]2[C@@H]3C=Cc4ccccc4[C@@]34COC[C@]24C1=O. The molecule has 0 bridgehead atoms. The second kappa shape index (κ2) is 3.47. The zero-order valence-corrected chi connectivity index (χ0v) is 12.0. The lowest BCUT2D eigenvalue weighted by atomic mass is 9.35. The Labute approximate surface area is 123 Å². The van der Waals surface area contributed by atoms with Gasteiger partial charge in [0.2, 0.25) is 5.91 Å². The normalized spacial score (nSPS) is 42.0. The summed E-state index contributed by atoms with van der Waals surface area (Å²) in [7, 11) is 1.85. The van der Waals surface area contributed by atoms with Crippen LogP contribution in [-0.4, -0.2) is 31.1 Å². The second-order valence-corrected chi connectivity index (χ2v) is 6.69. The summed E-state index contributed by atoms with van der Waals surface area (Å²) in [6.45, 7) is 1.20. The molecule has 1 aromatic rings. The average molecular weight is 279 g/mol. The summed E-state index contributed by atoms with van der Waals surface area (Å²) in [5, 5.41) is 0. The molecule has 3 nitrogen and oxygen atoms in total. The largest absolute Gasteiger partial charge is 0.379 e. The summed E-state index contributed by atoms with van der Waals surface area (Å²) >= 11 is 0. The number of fused-ring (bicyclic) bond motifs is 2. The summed E-state index contributed by atoms with van der Waals surface area (Å²) in [5.41, 5.74) is 1.96. The van der Waals surface area contributed by atoms with Crippen LogP contribution in [0.1, 0.15) is 11.1 Å². The van der Waals surface area contributed by atoms with Gasteiger partial charge in [-0.3, -0.25) is 4.79 Å². The maximum absolute atomic E-state index is 13.0. The molecule has 4 aliphatic rings. The monoisotopic (exact) mass is 279 g/mol. The van der Waals surface area contributed by atoms with Crippen LogP contribution in [0.3, 0.4) is 0 Å². The van der Waals surface area contributed by atoms with E-state index in [4.69, 9.17) is 4.74 Å². The topological polar surface area (TPSA) is 29.5 Å². The zero-order chi connectivity index (χ0) is 14.2. The molecular weight excluding hydrogens is 262 g/mol. The molecule has 5 rings (SSSR count). The van der Waals surface area contributed by atoms with Crippen molar-refractivity contribution in [2.75, 3.05) is 20.3 Å². The van der Waals surface area contributed by atoms with Gasteiger partial charge in [0.1, 0.15) is 0 Å². The van der Waals surface area contributed by atoms with Crippen molar-refractivity contribution in [1.82, 2.24) is 4.90 Å². The highest BCUT2D eigenvalue weighted by Gasteiger charge is 2.78. The van der Waals surface area contributed by atoms with E-state index < -0.39 is 5.41 Å². The molecular formula is C18H17NO2. The number of carbonyl (C=O) groups excluding carboxylic acids is 1. The first-order valence-electron chi connectivity index (χ1n) is 7.53. The third-order valence-electron chi connectivity index (χ3n) is 6.12. The molecule has 0 unspecified atom stereocenters. The molecule has 106 valence electrons. The molecule has 2 heterocycles. The highest BCUT2D eigenvalue weighted by Crippen LogP contribution is 2.72. The van der Waals surface area contributed by atoms with E-state index in [1.807, 2.05) is 13.2 Å². The minimum atomic E-state index is -0.401. The van der Waals surface area contributed by atoms with Gasteiger partial charge in [0.25, 0.3) is 0 Å². The van der Waals surface area contributed by atoms with Gasteiger partial charge in [0.15, 0.2) is 0 Å². The molecule has 4 atom stereocenters. The first kappa shape index (κ1) is 11.8. The van der Waals surface area contributed by atoms with E-state index in [9.17, 15) is 4.79 Å². The first-order valence-corrected chi connectivity index (χ1v) is 7.53. The lowest BCUT2D eigenvalue weighted by Gasteiger charge is -2.66. The van der Waals surface area contributed by atoms with Crippen LogP contribution in [0.4, 0.5) is 0 Å². The van der Waals surface area contributed by atoms with E-state index in [1.165, 1.54) is 11.1 Å². The number of carbonyl (C=O) groups is 1. The minimum Gasteiger partial charge on any atom is -0.379 e. The quantitative estimate of drug-likeness (QED) is 0.728. The third kappa shape index (κ3) is 1.02. The molecule has 2 fully saturated rings. The summed E-state index contributed by atoms with van der Waals surface area (Å²) in [6, 6.07) is 8.47. The van der Waals surface area contributed by atoms with Crippen LogP contribution in [0.5, 0.6) is 0 Å². The van der Waals surface area contributed by atoms with Crippen molar-refractivity contribution in [3.8, 4) is 0 Å². The van der Waals surface area contributed by atoms with Crippen LogP contribution >= 0.6 is 0 Å². The van der Waals surface area contributed by atoms with Gasteiger partial charge in [-0.25, -0.2) is 0 Å². The van der Waals surface area contributed by atoms with Crippen molar-refractivity contribution in [3.63, 3.8) is 0 Å². The van der Waals surface area contributed by atoms with Gasteiger partial charge in [-0.15, -0.1) is 0 Å². The lowest BCUT2D eigenvalue weighted by molar-refractivity contribution is -0.165. The fourth-order valence-electron chi connectivity index (χ4n) is 5.26. The van der Waals surface area contributed by atoms with Gasteiger partial charge in [0.05, 0.1) is 18.6 Å². The Hall–Kier alpha value is -1.87. The van der Waals surface area contributed by atoms with Crippen LogP contribution in [-0.2, 0) is 14.9 Å². The van der Waals surface area contributed by atoms with Crippen LogP contribution in [0.25, 0.3) is 6.08 Å². The Kier molecular flexibility index (Phi) is 1.94. The van der Waals surface area contributed by atoms with Crippen LogP contribution in [0, 0.1) is 17.3 Å². The van der Waals surface area contributed by atoms with E-state index in [2.05, 4.69) is 42.5 Å². The van der Waals surface area contributed by atoms with Crippen LogP contribution in [0.15, 0.2) is 42.6 Å². The highest BCUT2D eigenvalue weighted by atomic mass is 16.5. The zero-order valence-electron chi connectivity index (χ0n) is 12.0. The molecule has 1 saturated heterocycles. The summed E-state index contributed by atoms with van der Waals surface area (Å²) < 4.78 is 5.91. The molecule has 0 N–H and O–H groups in total. The van der Waals surface area contributed by atoms with Gasteiger partial charge >= 0.3 is 0 Å². The predicted molar refractivity (Wildman–Crippen MR) is 79.3 cm³/mol. The Morgan fingerprint density at radius 1 is 1.14 bits per heavy atom. The number of nitrogens with zero attached hydrogens (tertiary/aromatic N) is 1. The molecule has 0 radical (unpaired) electrons. The molecule has 3 heteroatoms. The Morgan fingerprint density at radius 3 is 2.81 bits per heavy atom. The van der Waals surface area contributed by atoms with Gasteiger partial charge < -0.3 is 9.64 Å². The standard InChI is InChI=1S/C18H17NO2/c1-19-9-8-15-14-7-6-12-4-2-3-5-13(12)17(14)10-21-11-18(15,17)16(19)20/h2-9,14-15H,10-11H2,1H3/t14-,15+,17-,18+/m0/s1. The molecule has 1 amide bonds. The Morgan fingerprint density at radius 2 is 1.90 bits per heavy atom. The van der Waals surface area contributed by atoms with Crippen molar-refractivity contribution in [3.05, 3.63) is 53.7 Å². The van der Waals surface area contributed by atoms with Gasteiger partial charge in [-0.2, -0.15) is 0 Å². The summed E-state index contributed by atoms with van der Waals surface area (Å²) in [4.78, 5) is 14.8. The fourth-order valence-corrected chi connectivity index (χ4v) is 5.26. The van der Waals surface area contributed by atoms with E-state index in [0.717, 1.165) is 0 Å². The second-order valence-electron chi connectivity index (χ2n) is 6.69. The third-order valence-corrected chi connectivity index (χ3v) is 6.12. The van der Waals surface area contributed by atoms with E-state index in [-0.39, 0.29) is 17.2 Å². The summed E-state index contributed by atoms with van der Waals surface area (Å²) in [6.07, 6.45) is 8.64. The van der Waals surface area contributed by atoms with E-state index in [0.29, 0.717) is 19.1 Å². The van der Waals surface area contributed by atoms with Crippen LogP contribution < -0.4 is 0 Å². The maximum atomic E-state index is 13.0. The van der Waals surface area contributed by atoms with Crippen molar-refractivity contribution in [2.24, 2.45) is 17.3 Å². The minimum absolute atomic E-state index is 0.168. The molecule has 21 heavy (non-hydrogen) atoms. The number of hydrogen-bond donors (Lipinski definition) is 0. The number of amides is 1. The van der Waals surface area contributed by atoms with Crippen molar-refractivity contribution < 1.29 is 9.53 Å². The van der Waals surface area contributed by atoms with Crippen molar-refractivity contribution in [2.45, 2.75) is 5.41 Å². The molecule has 1 saturated carbocycles. The highest BCUT2D eigenvalue weighted by molar-refractivity contribution is 5.91. The summed E-state index contributed by atoms with van der Waals surface area (Å²) in [5.74, 6) is 0.867. The molecule has 2 spiro atoms. The number of hydrogen-bond acceptors (Lipinski definition) is 2. The lowest BCUT2D eigenvalue weighted by Crippen LogP contribution is -2.73.